The van der Waals surface area contributed by atoms with Crippen LogP contribution in [-0.2, 0) is 49.3 Å². The first-order valence-electron chi connectivity index (χ1n) is 29.5. The van der Waals surface area contributed by atoms with Crippen molar-refractivity contribution in [2.45, 2.75) is 97.2 Å². The Labute approximate surface area is 495 Å². The Hall–Kier alpha value is -6.59. The summed E-state index contributed by atoms with van der Waals surface area (Å²) in [6.45, 7) is 14.5. The van der Waals surface area contributed by atoms with Gasteiger partial charge in [0.25, 0.3) is 0 Å². The summed E-state index contributed by atoms with van der Waals surface area (Å²) < 4.78 is 44.2. The van der Waals surface area contributed by atoms with Crippen LogP contribution < -0.4 is 9.80 Å². The molecule has 6 aromatic rings. The minimum atomic E-state index is -0.802. The van der Waals surface area contributed by atoms with Crippen LogP contribution in [0, 0.1) is 24.1 Å². The summed E-state index contributed by atoms with van der Waals surface area (Å²) in [7, 11) is 0. The molecule has 0 saturated carbocycles. The number of amides is 2. The molecule has 4 atom stereocenters. The number of β-amino-alcohol motifs (C(OH)–C–C–N with tert-alkyl or cyclic N) is 1. The number of ketones is 2. The molecule has 2 amide bonds. The van der Waals surface area contributed by atoms with Gasteiger partial charge in [-0.3, -0.25) is 19.2 Å². The van der Waals surface area contributed by atoms with E-state index < -0.39 is 23.5 Å². The maximum Gasteiger partial charge on any atom is 0.227 e. The quantitative estimate of drug-likeness (QED) is 0.0425. The Morgan fingerprint density at radius 1 is 0.762 bits per heavy atom. The summed E-state index contributed by atoms with van der Waals surface area (Å²) in [6, 6.07) is 24.1. The number of pyridine rings is 1. The Bertz CT molecular complexity index is 3130. The number of piperazine rings is 1. The average molecular weight is 1170 g/mol. The third kappa shape index (κ3) is 16.6. The standard InChI is InChI=1S/C63H80FN9O10S/c1-44-61(84-43-66-44)46-16-13-45(14-17-46)15-18-56(76)54-40-50(75)42-72(54)62(78)51(63(2,3)4)39-49(74)21-28-79-30-32-81-34-36-83-37-35-82-33-31-80-29-22-60(77)70-26-24-69(25-27-70)58-12-6-10-52(67-58)55-41-65-57-19-20-59(68-73(55)57)71-23-7-11-53(71)47-8-5-9-48(64)38-47/h5-6,8-10,12-14,16-17,19-20,38,41,43,50-51,53-54,75H,7,11,15,18,21-37,39-40,42H2,1-4H3/t50-,51-,53-,54+/m1/s1. The molecule has 0 radical (unpaired) electrons. The van der Waals surface area contributed by atoms with E-state index in [1.807, 2.05) is 103 Å². The van der Waals surface area contributed by atoms with Crippen molar-refractivity contribution in [2.75, 3.05) is 115 Å². The molecule has 0 spiro atoms. The lowest BCUT2D eigenvalue weighted by Gasteiger charge is -2.35. The number of imidazole rings is 1. The lowest BCUT2D eigenvalue weighted by molar-refractivity contribution is -0.146. The lowest BCUT2D eigenvalue weighted by Crippen LogP contribution is -2.49. The number of likely N-dealkylation sites (tertiary alicyclic amines) is 1. The topological polar surface area (TPSA) is 204 Å². The van der Waals surface area contributed by atoms with Crippen molar-refractivity contribution in [1.29, 1.82) is 0 Å². The van der Waals surface area contributed by atoms with Gasteiger partial charge in [0.1, 0.15) is 28.9 Å². The van der Waals surface area contributed by atoms with Crippen molar-refractivity contribution in [2.24, 2.45) is 11.3 Å². The van der Waals surface area contributed by atoms with E-state index in [0.717, 1.165) is 69.7 Å². The monoisotopic (exact) mass is 1170 g/mol. The number of aryl methyl sites for hydroxylation is 2. The molecule has 1 N–H and O–H groups in total. The summed E-state index contributed by atoms with van der Waals surface area (Å²) in [5, 5.41) is 15.6. The number of benzene rings is 2. The summed E-state index contributed by atoms with van der Waals surface area (Å²) in [6.07, 6.45) is 4.30. The van der Waals surface area contributed by atoms with Crippen LogP contribution in [0.2, 0.25) is 0 Å². The molecular weight excluding hydrogens is 1090 g/mol. The van der Waals surface area contributed by atoms with Crippen LogP contribution in [0.5, 0.6) is 0 Å². The molecule has 2 aromatic carbocycles. The van der Waals surface area contributed by atoms with Gasteiger partial charge >= 0.3 is 0 Å². The largest absolute Gasteiger partial charge is 0.391 e. The van der Waals surface area contributed by atoms with Gasteiger partial charge in [-0.25, -0.2) is 23.9 Å². The predicted molar refractivity (Wildman–Crippen MR) is 318 cm³/mol. The van der Waals surface area contributed by atoms with E-state index in [4.69, 9.17) is 33.8 Å². The molecule has 3 aliphatic heterocycles. The van der Waals surface area contributed by atoms with Gasteiger partial charge in [-0.05, 0) is 84.7 Å². The van der Waals surface area contributed by atoms with E-state index in [0.29, 0.717) is 97.7 Å². The Morgan fingerprint density at radius 2 is 1.44 bits per heavy atom. The first-order chi connectivity index (χ1) is 40.7. The van der Waals surface area contributed by atoms with Crippen LogP contribution in [0.1, 0.15) is 88.6 Å². The minimum Gasteiger partial charge on any atom is -0.391 e. The van der Waals surface area contributed by atoms with Gasteiger partial charge in [0, 0.05) is 70.9 Å². The highest BCUT2D eigenvalue weighted by molar-refractivity contribution is 7.13. The smallest absolute Gasteiger partial charge is 0.227 e. The zero-order chi connectivity index (χ0) is 59.0. The van der Waals surface area contributed by atoms with Gasteiger partial charge in [0.2, 0.25) is 11.8 Å². The van der Waals surface area contributed by atoms with Crippen LogP contribution in [0.25, 0.3) is 27.5 Å². The summed E-state index contributed by atoms with van der Waals surface area (Å²) in [5.74, 6) is 0.307. The Morgan fingerprint density at radius 3 is 2.11 bits per heavy atom. The number of rotatable bonds is 30. The van der Waals surface area contributed by atoms with E-state index in [2.05, 4.69) is 19.8 Å². The van der Waals surface area contributed by atoms with Gasteiger partial charge in [-0.2, -0.15) is 0 Å². The maximum atomic E-state index is 14.1. The molecule has 21 heteroatoms. The van der Waals surface area contributed by atoms with Gasteiger partial charge < -0.3 is 48.4 Å². The number of halogens is 1. The molecule has 3 saturated heterocycles. The minimum absolute atomic E-state index is 0.0183. The number of nitrogens with zero attached hydrogens (tertiary/aromatic N) is 9. The molecule has 450 valence electrons. The SMILES string of the molecule is Cc1ncsc1-c1ccc(CCC(=O)[C@@H]2C[C@@H](O)CN2C(=O)[C@@H](CC(=O)CCOCCOCCOCCOCCOCCC(=O)N2CCN(c3cccc(-c4cnc5ccc(N6CCC[C@@H]6c6cccc(F)c6)nn45)n3)CC2)C(C)(C)C)cc1. The molecule has 7 heterocycles. The third-order valence-electron chi connectivity index (χ3n) is 15.9. The highest BCUT2D eigenvalue weighted by Gasteiger charge is 2.44. The summed E-state index contributed by atoms with van der Waals surface area (Å²) in [5.41, 5.74) is 7.53. The third-order valence-corrected chi connectivity index (χ3v) is 16.9. The Balaban J connectivity index is 0.579. The number of anilines is 2. The fourth-order valence-corrected chi connectivity index (χ4v) is 12.0. The van der Waals surface area contributed by atoms with Crippen LogP contribution in [0.4, 0.5) is 16.0 Å². The van der Waals surface area contributed by atoms with Crippen LogP contribution in [-0.4, -0.2) is 180 Å². The molecule has 3 aliphatic rings. The van der Waals surface area contributed by atoms with E-state index in [1.165, 1.54) is 11.0 Å². The number of ether oxygens (including phenoxy) is 5. The first kappa shape index (κ1) is 62.0. The van der Waals surface area contributed by atoms with Crippen LogP contribution >= 0.6 is 11.3 Å². The molecule has 19 nitrogen and oxygen atoms in total. The van der Waals surface area contributed by atoms with Crippen molar-refractivity contribution < 1.29 is 52.4 Å². The molecule has 0 aliphatic carbocycles. The summed E-state index contributed by atoms with van der Waals surface area (Å²) >= 11 is 1.59. The second-order valence-electron chi connectivity index (χ2n) is 22.8. The number of hydrogen-bond acceptors (Lipinski definition) is 17. The molecule has 3 fully saturated rings. The summed E-state index contributed by atoms with van der Waals surface area (Å²) in [4.78, 5) is 76.8. The Kier molecular flexibility index (Phi) is 22.1. The fourth-order valence-electron chi connectivity index (χ4n) is 11.2. The number of carbonyl (C=O) groups excluding carboxylic acids is 4. The van der Waals surface area contributed by atoms with Gasteiger partial charge in [0.05, 0.1) is 119 Å². The van der Waals surface area contributed by atoms with E-state index in [9.17, 15) is 28.7 Å². The molecule has 0 bridgehead atoms. The first-order valence-corrected chi connectivity index (χ1v) is 30.4. The molecular formula is C63H80FN9O10S. The van der Waals surface area contributed by atoms with Gasteiger partial charge in [-0.1, -0.05) is 63.2 Å². The molecule has 4 aromatic heterocycles. The number of Topliss-reactive ketones (excluding diaryl/α,β-unsaturated/α-hetero) is 2. The average Bonchev–Trinajstić information content (AvgIpc) is 4.17. The van der Waals surface area contributed by atoms with Crippen molar-refractivity contribution >= 4 is 52.0 Å². The highest BCUT2D eigenvalue weighted by Crippen LogP contribution is 2.37. The number of thiazole rings is 1. The number of hydrogen-bond donors (Lipinski definition) is 1. The zero-order valence-electron chi connectivity index (χ0n) is 48.9. The number of aliphatic hydroxyl groups excluding tert-OH is 1. The molecule has 84 heavy (non-hydrogen) atoms. The second-order valence-corrected chi connectivity index (χ2v) is 23.7. The maximum absolute atomic E-state index is 14.1. The lowest BCUT2D eigenvalue weighted by atomic mass is 9.76. The predicted octanol–water partition coefficient (Wildman–Crippen LogP) is 8.00. The zero-order valence-corrected chi connectivity index (χ0v) is 49.7. The normalized spacial score (nSPS) is 17.9. The van der Waals surface area contributed by atoms with Gasteiger partial charge in [0.15, 0.2) is 11.4 Å². The molecule has 0 unspecified atom stereocenters. The van der Waals surface area contributed by atoms with Crippen molar-refractivity contribution in [3.05, 3.63) is 113 Å². The van der Waals surface area contributed by atoms with Crippen molar-refractivity contribution in [3.63, 3.8) is 0 Å². The van der Waals surface area contributed by atoms with Crippen LogP contribution in [0.3, 0.4) is 0 Å². The number of aliphatic hydroxyl groups is 1. The number of carbonyl (C=O) groups is 4. The number of fused-ring (bicyclic) bond motifs is 1. The van der Waals surface area contributed by atoms with E-state index in [1.54, 1.807) is 29.7 Å². The second kappa shape index (κ2) is 30.0. The van der Waals surface area contributed by atoms with E-state index >= 15 is 0 Å². The fraction of sp³-hybridized carbons (Fsp3) is 0.524. The molecule has 9 rings (SSSR count). The van der Waals surface area contributed by atoms with Gasteiger partial charge in [-0.15, -0.1) is 16.4 Å². The van der Waals surface area contributed by atoms with E-state index in [-0.39, 0.29) is 80.5 Å². The number of aromatic nitrogens is 5. The highest BCUT2D eigenvalue weighted by atomic mass is 32.1. The van der Waals surface area contributed by atoms with Crippen LogP contribution in [0.15, 0.2) is 90.6 Å². The van der Waals surface area contributed by atoms with Crippen molar-refractivity contribution in [1.82, 2.24) is 34.4 Å². The van der Waals surface area contributed by atoms with Crippen molar-refractivity contribution in [3.8, 4) is 21.8 Å².